The molecule has 0 spiro atoms. The zero-order valence-electron chi connectivity index (χ0n) is 7.88. The Labute approximate surface area is 74.7 Å². The van der Waals surface area contributed by atoms with Crippen molar-refractivity contribution in [2.75, 3.05) is 20.3 Å². The van der Waals surface area contributed by atoms with Gasteiger partial charge in [-0.05, 0) is 25.7 Å². The molecule has 1 rings (SSSR count). The summed E-state index contributed by atoms with van der Waals surface area (Å²) >= 11 is 0. The number of ether oxygens (including phenoxy) is 1. The average Bonchev–Trinajstić information content (AvgIpc) is 2.09. The van der Waals surface area contributed by atoms with Crippen molar-refractivity contribution in [1.82, 2.24) is 5.32 Å². The minimum absolute atomic E-state index is 0.450. The van der Waals surface area contributed by atoms with Crippen LogP contribution in [0.15, 0.2) is 0 Å². The third-order valence-corrected chi connectivity index (χ3v) is 2.51. The van der Waals surface area contributed by atoms with Gasteiger partial charge in [-0.15, -0.1) is 0 Å². The van der Waals surface area contributed by atoms with Crippen molar-refractivity contribution in [1.29, 1.82) is 0 Å². The number of nitrogens with one attached hydrogen (secondary N) is 1. The predicted molar refractivity (Wildman–Crippen MR) is 50.1 cm³/mol. The number of nitrogens with two attached hydrogens (primary N) is 1. The van der Waals surface area contributed by atoms with Crippen LogP contribution in [0.5, 0.6) is 0 Å². The van der Waals surface area contributed by atoms with Gasteiger partial charge in [-0.25, -0.2) is 0 Å². The van der Waals surface area contributed by atoms with Gasteiger partial charge in [0.05, 0.1) is 6.61 Å². The first-order chi connectivity index (χ1) is 5.83. The summed E-state index contributed by atoms with van der Waals surface area (Å²) in [6.45, 7) is 1.78. The molecule has 0 atom stereocenters. The van der Waals surface area contributed by atoms with Crippen molar-refractivity contribution in [3.63, 3.8) is 0 Å². The lowest BCUT2D eigenvalue weighted by Crippen LogP contribution is -2.38. The third-order valence-electron chi connectivity index (χ3n) is 2.51. The maximum atomic E-state index is 5.80. The highest BCUT2D eigenvalue weighted by atomic mass is 16.5. The predicted octanol–water partition coefficient (Wildman–Crippen LogP) is 0.492. The minimum Gasteiger partial charge on any atom is -0.383 e. The lowest BCUT2D eigenvalue weighted by atomic mass is 9.92. The SMILES string of the molecule is COCCNC1CCC(N)CC1. The van der Waals surface area contributed by atoms with Crippen molar-refractivity contribution < 1.29 is 4.74 Å². The van der Waals surface area contributed by atoms with Crippen LogP contribution in [-0.4, -0.2) is 32.3 Å². The van der Waals surface area contributed by atoms with Crippen molar-refractivity contribution in [3.8, 4) is 0 Å². The lowest BCUT2D eigenvalue weighted by Gasteiger charge is -2.26. The quantitative estimate of drug-likeness (QED) is 0.607. The summed E-state index contributed by atoms with van der Waals surface area (Å²) < 4.78 is 4.97. The van der Waals surface area contributed by atoms with Crippen LogP contribution in [0, 0.1) is 0 Å². The highest BCUT2D eigenvalue weighted by molar-refractivity contribution is 4.78. The van der Waals surface area contributed by atoms with E-state index in [2.05, 4.69) is 5.32 Å². The Balaban J connectivity index is 2.01. The molecule has 3 nitrogen and oxygen atoms in total. The summed E-state index contributed by atoms with van der Waals surface area (Å²) in [5.41, 5.74) is 5.80. The van der Waals surface area contributed by atoms with Gasteiger partial charge in [0.1, 0.15) is 0 Å². The molecule has 72 valence electrons. The van der Waals surface area contributed by atoms with Gasteiger partial charge in [0.2, 0.25) is 0 Å². The van der Waals surface area contributed by atoms with E-state index in [1.165, 1.54) is 25.7 Å². The summed E-state index contributed by atoms with van der Waals surface area (Å²) in [5.74, 6) is 0. The van der Waals surface area contributed by atoms with E-state index >= 15 is 0 Å². The number of methoxy groups -OCH3 is 1. The molecule has 0 heterocycles. The number of rotatable bonds is 4. The monoisotopic (exact) mass is 172 g/mol. The fraction of sp³-hybridized carbons (Fsp3) is 1.00. The van der Waals surface area contributed by atoms with E-state index in [-0.39, 0.29) is 0 Å². The van der Waals surface area contributed by atoms with Crippen molar-refractivity contribution in [3.05, 3.63) is 0 Å². The summed E-state index contributed by atoms with van der Waals surface area (Å²) in [6, 6.07) is 1.13. The molecule has 1 fully saturated rings. The zero-order chi connectivity index (χ0) is 8.81. The van der Waals surface area contributed by atoms with Crippen LogP contribution >= 0.6 is 0 Å². The Morgan fingerprint density at radius 3 is 2.58 bits per heavy atom. The Morgan fingerprint density at radius 1 is 1.33 bits per heavy atom. The molecule has 0 radical (unpaired) electrons. The van der Waals surface area contributed by atoms with Crippen LogP contribution in [0.3, 0.4) is 0 Å². The molecule has 0 aromatic heterocycles. The van der Waals surface area contributed by atoms with Crippen LogP contribution in [0.1, 0.15) is 25.7 Å². The molecule has 1 aliphatic carbocycles. The van der Waals surface area contributed by atoms with E-state index in [1.54, 1.807) is 7.11 Å². The minimum atomic E-state index is 0.450. The van der Waals surface area contributed by atoms with Crippen LogP contribution in [-0.2, 0) is 4.74 Å². The molecule has 1 aliphatic rings. The van der Waals surface area contributed by atoms with Gasteiger partial charge in [0, 0.05) is 25.7 Å². The summed E-state index contributed by atoms with van der Waals surface area (Å²) in [5, 5.41) is 3.46. The molecular weight excluding hydrogens is 152 g/mol. The highest BCUT2D eigenvalue weighted by Gasteiger charge is 2.17. The van der Waals surface area contributed by atoms with Gasteiger partial charge < -0.3 is 15.8 Å². The van der Waals surface area contributed by atoms with E-state index in [4.69, 9.17) is 10.5 Å². The number of hydrogen-bond acceptors (Lipinski definition) is 3. The fourth-order valence-electron chi connectivity index (χ4n) is 1.69. The Morgan fingerprint density at radius 2 is 2.00 bits per heavy atom. The van der Waals surface area contributed by atoms with E-state index < -0.39 is 0 Å². The fourth-order valence-corrected chi connectivity index (χ4v) is 1.69. The van der Waals surface area contributed by atoms with E-state index in [1.807, 2.05) is 0 Å². The zero-order valence-corrected chi connectivity index (χ0v) is 7.88. The molecular formula is C9H20N2O. The van der Waals surface area contributed by atoms with Crippen LogP contribution < -0.4 is 11.1 Å². The molecule has 0 aromatic carbocycles. The molecule has 0 aromatic rings. The topological polar surface area (TPSA) is 47.3 Å². The maximum absolute atomic E-state index is 5.80. The van der Waals surface area contributed by atoms with Crippen LogP contribution in [0.4, 0.5) is 0 Å². The largest absolute Gasteiger partial charge is 0.383 e. The normalized spacial score (nSPS) is 30.5. The van der Waals surface area contributed by atoms with Gasteiger partial charge in [-0.3, -0.25) is 0 Å². The second-order valence-corrected chi connectivity index (χ2v) is 3.56. The number of hydrogen-bond donors (Lipinski definition) is 2. The second kappa shape index (κ2) is 5.51. The molecule has 12 heavy (non-hydrogen) atoms. The van der Waals surface area contributed by atoms with Gasteiger partial charge >= 0.3 is 0 Å². The first-order valence-corrected chi connectivity index (χ1v) is 4.81. The molecule has 0 unspecified atom stereocenters. The van der Waals surface area contributed by atoms with E-state index in [0.29, 0.717) is 12.1 Å². The second-order valence-electron chi connectivity index (χ2n) is 3.56. The lowest BCUT2D eigenvalue weighted by molar-refractivity contribution is 0.191. The van der Waals surface area contributed by atoms with Crippen LogP contribution in [0.2, 0.25) is 0 Å². The van der Waals surface area contributed by atoms with Gasteiger partial charge in [-0.2, -0.15) is 0 Å². The Bertz CT molecular complexity index is 111. The molecule has 0 bridgehead atoms. The standard InChI is InChI=1S/C9H20N2O/c1-12-7-6-11-9-4-2-8(10)3-5-9/h8-9,11H,2-7,10H2,1H3. The Kier molecular flexibility index (Phi) is 4.58. The van der Waals surface area contributed by atoms with E-state index in [0.717, 1.165) is 13.2 Å². The Hall–Kier alpha value is -0.120. The van der Waals surface area contributed by atoms with Crippen molar-refractivity contribution in [2.45, 2.75) is 37.8 Å². The van der Waals surface area contributed by atoms with Crippen molar-refractivity contribution in [2.24, 2.45) is 5.73 Å². The summed E-state index contributed by atoms with van der Waals surface area (Å²) in [7, 11) is 1.73. The summed E-state index contributed by atoms with van der Waals surface area (Å²) in [6.07, 6.45) is 4.80. The molecule has 3 N–H and O–H groups in total. The van der Waals surface area contributed by atoms with Gasteiger partial charge in [0.15, 0.2) is 0 Å². The third kappa shape index (κ3) is 3.52. The average molecular weight is 172 g/mol. The molecule has 3 heteroatoms. The first kappa shape index (κ1) is 9.96. The molecule has 1 saturated carbocycles. The molecule has 0 saturated heterocycles. The smallest absolute Gasteiger partial charge is 0.0587 e. The molecule has 0 amide bonds. The highest BCUT2D eigenvalue weighted by Crippen LogP contribution is 2.16. The summed E-state index contributed by atoms with van der Waals surface area (Å²) in [4.78, 5) is 0. The first-order valence-electron chi connectivity index (χ1n) is 4.81. The molecule has 0 aliphatic heterocycles. The van der Waals surface area contributed by atoms with Gasteiger partial charge in [0.25, 0.3) is 0 Å². The van der Waals surface area contributed by atoms with Crippen LogP contribution in [0.25, 0.3) is 0 Å². The van der Waals surface area contributed by atoms with Gasteiger partial charge in [-0.1, -0.05) is 0 Å². The maximum Gasteiger partial charge on any atom is 0.0587 e. The van der Waals surface area contributed by atoms with E-state index in [9.17, 15) is 0 Å². The van der Waals surface area contributed by atoms with Crippen molar-refractivity contribution >= 4 is 0 Å².